The summed E-state index contributed by atoms with van der Waals surface area (Å²) in [4.78, 5) is 16.4. The van der Waals surface area contributed by atoms with Crippen LogP contribution in [-0.4, -0.2) is 31.4 Å². The standard InChI is InChI=1S/C22H17ClFN5OS/c23-16-10-11-19(25-12-16)26-20(30)14-31-22-28-27-21(17-8-4-5-9-18(17)24)29(22)13-15-6-2-1-3-7-15/h1-12H,13-14H2,(H,25,26,30). The molecule has 0 saturated carbocycles. The molecule has 0 aliphatic carbocycles. The number of amides is 1. The molecule has 4 rings (SSSR count). The van der Waals surface area contributed by atoms with Gasteiger partial charge in [-0.25, -0.2) is 9.37 Å². The molecule has 0 fully saturated rings. The minimum Gasteiger partial charge on any atom is -0.310 e. The second kappa shape index (κ2) is 9.72. The number of anilines is 1. The molecule has 0 aliphatic heterocycles. The molecule has 31 heavy (non-hydrogen) atoms. The fourth-order valence-electron chi connectivity index (χ4n) is 2.90. The Morgan fingerprint density at radius 3 is 2.55 bits per heavy atom. The summed E-state index contributed by atoms with van der Waals surface area (Å²) in [5, 5.41) is 12.1. The zero-order valence-electron chi connectivity index (χ0n) is 16.2. The number of pyridine rings is 1. The third kappa shape index (κ3) is 5.28. The number of rotatable bonds is 7. The van der Waals surface area contributed by atoms with Crippen molar-refractivity contribution in [3.8, 4) is 11.4 Å². The third-order valence-corrected chi connectivity index (χ3v) is 5.53. The first-order valence-electron chi connectivity index (χ1n) is 9.36. The monoisotopic (exact) mass is 453 g/mol. The van der Waals surface area contributed by atoms with Gasteiger partial charge in [-0.05, 0) is 29.8 Å². The van der Waals surface area contributed by atoms with Crippen LogP contribution in [0.1, 0.15) is 5.56 Å². The van der Waals surface area contributed by atoms with Crippen molar-refractivity contribution in [2.75, 3.05) is 11.1 Å². The van der Waals surface area contributed by atoms with Crippen LogP contribution in [0.3, 0.4) is 0 Å². The molecule has 0 spiro atoms. The van der Waals surface area contributed by atoms with E-state index in [-0.39, 0.29) is 17.5 Å². The molecular weight excluding hydrogens is 437 g/mol. The van der Waals surface area contributed by atoms with Crippen LogP contribution in [0.25, 0.3) is 11.4 Å². The van der Waals surface area contributed by atoms with E-state index in [9.17, 15) is 9.18 Å². The van der Waals surface area contributed by atoms with Crippen LogP contribution in [-0.2, 0) is 11.3 Å². The lowest BCUT2D eigenvalue weighted by molar-refractivity contribution is -0.113. The predicted octanol–water partition coefficient (Wildman–Crippen LogP) is 4.91. The van der Waals surface area contributed by atoms with Crippen molar-refractivity contribution in [2.45, 2.75) is 11.7 Å². The van der Waals surface area contributed by atoms with Crippen LogP contribution < -0.4 is 5.32 Å². The molecule has 156 valence electrons. The Balaban J connectivity index is 1.56. The zero-order chi connectivity index (χ0) is 21.6. The molecule has 1 amide bonds. The summed E-state index contributed by atoms with van der Waals surface area (Å²) in [5.41, 5.74) is 1.36. The smallest absolute Gasteiger partial charge is 0.236 e. The van der Waals surface area contributed by atoms with Crippen LogP contribution in [0.2, 0.25) is 5.02 Å². The van der Waals surface area contributed by atoms with Crippen LogP contribution >= 0.6 is 23.4 Å². The molecule has 2 aromatic heterocycles. The number of thioether (sulfide) groups is 1. The van der Waals surface area contributed by atoms with Gasteiger partial charge in [0.1, 0.15) is 11.6 Å². The van der Waals surface area contributed by atoms with Gasteiger partial charge in [0.05, 0.1) is 22.9 Å². The highest BCUT2D eigenvalue weighted by molar-refractivity contribution is 7.99. The Morgan fingerprint density at radius 1 is 1.03 bits per heavy atom. The first-order chi connectivity index (χ1) is 15.1. The molecule has 0 bridgehead atoms. The second-order valence-electron chi connectivity index (χ2n) is 6.56. The largest absolute Gasteiger partial charge is 0.310 e. The fourth-order valence-corrected chi connectivity index (χ4v) is 3.75. The molecule has 1 N–H and O–H groups in total. The van der Waals surface area contributed by atoms with E-state index in [4.69, 9.17) is 11.6 Å². The summed E-state index contributed by atoms with van der Waals surface area (Å²) in [7, 11) is 0. The van der Waals surface area contributed by atoms with Crippen molar-refractivity contribution in [2.24, 2.45) is 0 Å². The number of aromatic nitrogens is 4. The number of halogens is 2. The van der Waals surface area contributed by atoms with Gasteiger partial charge in [-0.1, -0.05) is 65.8 Å². The quantitative estimate of drug-likeness (QED) is 0.402. The van der Waals surface area contributed by atoms with Gasteiger partial charge in [0.15, 0.2) is 11.0 Å². The number of carbonyl (C=O) groups excluding carboxylic acids is 1. The molecule has 6 nitrogen and oxygen atoms in total. The van der Waals surface area contributed by atoms with Crippen molar-refractivity contribution < 1.29 is 9.18 Å². The number of hydrogen-bond donors (Lipinski definition) is 1. The van der Waals surface area contributed by atoms with Gasteiger partial charge < -0.3 is 5.32 Å². The molecule has 0 saturated heterocycles. The van der Waals surface area contributed by atoms with Crippen molar-refractivity contribution in [1.29, 1.82) is 0 Å². The number of carbonyl (C=O) groups is 1. The zero-order valence-corrected chi connectivity index (χ0v) is 17.8. The molecule has 9 heteroatoms. The van der Waals surface area contributed by atoms with Gasteiger partial charge in [-0.15, -0.1) is 10.2 Å². The van der Waals surface area contributed by atoms with Gasteiger partial charge in [0.25, 0.3) is 0 Å². The van der Waals surface area contributed by atoms with Gasteiger partial charge in [0.2, 0.25) is 5.91 Å². The number of hydrogen-bond acceptors (Lipinski definition) is 5. The number of nitrogens with one attached hydrogen (secondary N) is 1. The summed E-state index contributed by atoms with van der Waals surface area (Å²) < 4.78 is 16.2. The van der Waals surface area contributed by atoms with E-state index in [1.165, 1.54) is 24.0 Å². The highest BCUT2D eigenvalue weighted by atomic mass is 35.5. The average molecular weight is 454 g/mol. The number of nitrogens with zero attached hydrogens (tertiary/aromatic N) is 4. The highest BCUT2D eigenvalue weighted by Crippen LogP contribution is 2.27. The molecule has 4 aromatic rings. The van der Waals surface area contributed by atoms with Crippen LogP contribution in [0, 0.1) is 5.82 Å². The van der Waals surface area contributed by atoms with Crippen LogP contribution in [0.5, 0.6) is 0 Å². The summed E-state index contributed by atoms with van der Waals surface area (Å²) in [6, 6.07) is 19.4. The minimum atomic E-state index is -0.382. The maximum atomic E-state index is 14.4. The maximum Gasteiger partial charge on any atom is 0.236 e. The maximum absolute atomic E-state index is 14.4. The Bertz CT molecular complexity index is 1180. The Labute approximate surface area is 187 Å². The molecule has 2 heterocycles. The first-order valence-corrected chi connectivity index (χ1v) is 10.7. The normalized spacial score (nSPS) is 10.8. The van der Waals surface area contributed by atoms with Crippen LogP contribution in [0.15, 0.2) is 78.1 Å². The van der Waals surface area contributed by atoms with Gasteiger partial charge in [-0.3, -0.25) is 9.36 Å². The fraction of sp³-hybridized carbons (Fsp3) is 0.0909. The van der Waals surface area contributed by atoms with Crippen LogP contribution in [0.4, 0.5) is 10.2 Å². The first kappa shape index (κ1) is 21.0. The van der Waals surface area contributed by atoms with Gasteiger partial charge >= 0.3 is 0 Å². The van der Waals surface area contributed by atoms with Crippen molar-refractivity contribution >= 4 is 35.1 Å². The van der Waals surface area contributed by atoms with Crippen molar-refractivity contribution in [3.05, 3.63) is 89.3 Å². The summed E-state index contributed by atoms with van der Waals surface area (Å²) in [6.07, 6.45) is 1.46. The summed E-state index contributed by atoms with van der Waals surface area (Å²) in [6.45, 7) is 0.445. The predicted molar refractivity (Wildman–Crippen MR) is 120 cm³/mol. The second-order valence-corrected chi connectivity index (χ2v) is 7.94. The molecule has 0 radical (unpaired) electrons. The lowest BCUT2D eigenvalue weighted by atomic mass is 10.2. The van der Waals surface area contributed by atoms with Gasteiger partial charge in [-0.2, -0.15) is 0 Å². The van der Waals surface area contributed by atoms with Crippen molar-refractivity contribution in [1.82, 2.24) is 19.7 Å². The molecule has 2 aromatic carbocycles. The summed E-state index contributed by atoms with van der Waals surface area (Å²) >= 11 is 7.03. The number of benzene rings is 2. The van der Waals surface area contributed by atoms with Crippen molar-refractivity contribution in [3.63, 3.8) is 0 Å². The van der Waals surface area contributed by atoms with E-state index in [1.54, 1.807) is 30.3 Å². The van der Waals surface area contributed by atoms with E-state index in [0.717, 1.165) is 5.56 Å². The van der Waals surface area contributed by atoms with E-state index in [1.807, 2.05) is 34.9 Å². The van der Waals surface area contributed by atoms with E-state index >= 15 is 0 Å². The van der Waals surface area contributed by atoms with Gasteiger partial charge in [0, 0.05) is 6.20 Å². The lowest BCUT2D eigenvalue weighted by Crippen LogP contribution is -2.15. The molecular formula is C22H17ClFN5OS. The molecule has 0 aliphatic rings. The lowest BCUT2D eigenvalue weighted by Gasteiger charge is -2.11. The van der Waals surface area contributed by atoms with E-state index < -0.39 is 0 Å². The summed E-state index contributed by atoms with van der Waals surface area (Å²) in [5.74, 6) is 0.278. The van der Waals surface area contributed by atoms with E-state index in [0.29, 0.717) is 33.9 Å². The Kier molecular flexibility index (Phi) is 6.59. The minimum absolute atomic E-state index is 0.0918. The SMILES string of the molecule is O=C(CSc1nnc(-c2ccccc2F)n1Cc1ccccc1)Nc1ccc(Cl)cn1. The Hall–Kier alpha value is -3.23. The average Bonchev–Trinajstić information content (AvgIpc) is 3.17. The van der Waals surface area contributed by atoms with E-state index in [2.05, 4.69) is 20.5 Å². The molecule has 0 unspecified atom stereocenters. The third-order valence-electron chi connectivity index (χ3n) is 4.34. The topological polar surface area (TPSA) is 72.7 Å². The molecule has 0 atom stereocenters. The Morgan fingerprint density at radius 2 is 1.81 bits per heavy atom. The highest BCUT2D eigenvalue weighted by Gasteiger charge is 2.18.